The molecule has 3 nitrogen and oxygen atoms in total. The van der Waals surface area contributed by atoms with Crippen LogP contribution in [0.4, 0.5) is 0 Å². The van der Waals surface area contributed by atoms with E-state index < -0.39 is 0 Å². The maximum Gasteiger partial charge on any atom is 0.109 e. The van der Waals surface area contributed by atoms with Gasteiger partial charge in [-0.25, -0.2) is 4.98 Å². The highest BCUT2D eigenvalue weighted by Gasteiger charge is 2.21. The summed E-state index contributed by atoms with van der Waals surface area (Å²) in [5, 5.41) is 6.98. The van der Waals surface area contributed by atoms with Gasteiger partial charge in [0.05, 0.1) is 6.04 Å². The molecule has 1 fully saturated rings. The Morgan fingerprint density at radius 3 is 2.67 bits per heavy atom. The summed E-state index contributed by atoms with van der Waals surface area (Å²) < 4.78 is 0. The van der Waals surface area contributed by atoms with Gasteiger partial charge >= 0.3 is 0 Å². The topological polar surface area (TPSA) is 28.2 Å². The molecular formula is C14H25N3S. The van der Waals surface area contributed by atoms with E-state index in [0.717, 1.165) is 5.92 Å². The molecule has 0 bridgehead atoms. The average Bonchev–Trinajstić information content (AvgIpc) is 2.84. The summed E-state index contributed by atoms with van der Waals surface area (Å²) in [6, 6.07) is 1.05. The Balaban J connectivity index is 1.73. The zero-order chi connectivity index (χ0) is 13.0. The lowest BCUT2D eigenvalue weighted by Gasteiger charge is -2.34. The fourth-order valence-electron chi connectivity index (χ4n) is 2.67. The van der Waals surface area contributed by atoms with E-state index in [-0.39, 0.29) is 0 Å². The largest absolute Gasteiger partial charge is 0.305 e. The molecule has 1 aromatic rings. The molecule has 1 atom stereocenters. The molecule has 0 aliphatic carbocycles. The van der Waals surface area contributed by atoms with Gasteiger partial charge in [-0.3, -0.25) is 0 Å². The zero-order valence-electron chi connectivity index (χ0n) is 11.7. The van der Waals surface area contributed by atoms with Gasteiger partial charge in [0.15, 0.2) is 0 Å². The molecule has 2 rings (SSSR count). The van der Waals surface area contributed by atoms with Crippen molar-refractivity contribution >= 4 is 11.3 Å². The number of hydrogen-bond donors (Lipinski definition) is 1. The predicted octanol–water partition coefficient (Wildman–Crippen LogP) is 2.91. The van der Waals surface area contributed by atoms with Crippen molar-refractivity contribution in [3.63, 3.8) is 0 Å². The molecule has 2 heterocycles. The molecular weight excluding hydrogens is 242 g/mol. The van der Waals surface area contributed by atoms with Crippen LogP contribution < -0.4 is 5.32 Å². The maximum atomic E-state index is 4.38. The maximum absolute atomic E-state index is 4.38. The van der Waals surface area contributed by atoms with E-state index >= 15 is 0 Å². The fourth-order valence-corrected chi connectivity index (χ4v) is 3.33. The van der Waals surface area contributed by atoms with Crippen LogP contribution >= 0.6 is 11.3 Å². The lowest BCUT2D eigenvalue weighted by molar-refractivity contribution is 0.175. The van der Waals surface area contributed by atoms with Crippen molar-refractivity contribution in [1.82, 2.24) is 15.2 Å². The van der Waals surface area contributed by atoms with Crippen LogP contribution in [0.3, 0.4) is 0 Å². The smallest absolute Gasteiger partial charge is 0.109 e. The number of hydrogen-bond acceptors (Lipinski definition) is 4. The highest BCUT2D eigenvalue weighted by atomic mass is 32.1. The third-order valence-electron chi connectivity index (χ3n) is 3.52. The van der Waals surface area contributed by atoms with Crippen molar-refractivity contribution in [3.8, 4) is 0 Å². The Hall–Kier alpha value is -0.450. The lowest BCUT2D eigenvalue weighted by Crippen LogP contribution is -2.44. The van der Waals surface area contributed by atoms with Gasteiger partial charge in [0.1, 0.15) is 5.01 Å². The monoisotopic (exact) mass is 267 g/mol. The number of rotatable bonds is 5. The van der Waals surface area contributed by atoms with E-state index in [2.05, 4.69) is 41.4 Å². The second-order valence-corrected chi connectivity index (χ2v) is 6.65. The summed E-state index contributed by atoms with van der Waals surface area (Å²) >= 11 is 1.74. The standard InChI is InChI=1S/C14H25N3S/c1-11(2)10-17-7-4-13(5-8-17)16-12(3)14-15-6-9-18-14/h6,9,11-13,16H,4-5,7-8,10H2,1-3H3. The molecule has 18 heavy (non-hydrogen) atoms. The van der Waals surface area contributed by atoms with Crippen LogP contribution in [-0.2, 0) is 0 Å². The van der Waals surface area contributed by atoms with E-state index in [4.69, 9.17) is 0 Å². The van der Waals surface area contributed by atoms with Crippen molar-refractivity contribution in [3.05, 3.63) is 16.6 Å². The quantitative estimate of drug-likeness (QED) is 0.889. The van der Waals surface area contributed by atoms with Gasteiger partial charge in [0.25, 0.3) is 0 Å². The Morgan fingerprint density at radius 2 is 2.11 bits per heavy atom. The first kappa shape index (κ1) is 14.0. The molecule has 1 unspecified atom stereocenters. The van der Waals surface area contributed by atoms with Crippen molar-refractivity contribution < 1.29 is 0 Å². The van der Waals surface area contributed by atoms with Gasteiger partial charge in [0, 0.05) is 24.2 Å². The van der Waals surface area contributed by atoms with E-state index in [1.54, 1.807) is 11.3 Å². The van der Waals surface area contributed by atoms with Gasteiger partial charge in [-0.1, -0.05) is 13.8 Å². The molecule has 1 aromatic heterocycles. The summed E-state index contributed by atoms with van der Waals surface area (Å²) in [6.45, 7) is 10.5. The summed E-state index contributed by atoms with van der Waals surface area (Å²) in [6.07, 6.45) is 4.42. The molecule has 0 spiro atoms. The van der Waals surface area contributed by atoms with E-state index in [9.17, 15) is 0 Å². The fraction of sp³-hybridized carbons (Fsp3) is 0.786. The molecule has 102 valence electrons. The third-order valence-corrected chi connectivity index (χ3v) is 4.48. The van der Waals surface area contributed by atoms with E-state index in [1.807, 2.05) is 6.20 Å². The SMILES string of the molecule is CC(C)CN1CCC(NC(C)c2nccs2)CC1. The van der Waals surface area contributed by atoms with Gasteiger partial charge in [-0.15, -0.1) is 11.3 Å². The van der Waals surface area contributed by atoms with Crippen molar-refractivity contribution in [2.75, 3.05) is 19.6 Å². The second-order valence-electron chi connectivity index (χ2n) is 5.73. The molecule has 4 heteroatoms. The Bertz CT molecular complexity index is 329. The molecule has 0 amide bonds. The molecule has 1 N–H and O–H groups in total. The molecule has 0 radical (unpaired) electrons. The van der Waals surface area contributed by atoms with E-state index in [1.165, 1.54) is 37.5 Å². The Morgan fingerprint density at radius 1 is 1.39 bits per heavy atom. The highest BCUT2D eigenvalue weighted by molar-refractivity contribution is 7.09. The Kier molecular flexibility index (Phi) is 5.15. The van der Waals surface area contributed by atoms with Crippen LogP contribution in [-0.4, -0.2) is 35.6 Å². The first-order valence-electron chi connectivity index (χ1n) is 7.03. The van der Waals surface area contributed by atoms with Gasteiger partial charge in [-0.2, -0.15) is 0 Å². The predicted molar refractivity (Wildman–Crippen MR) is 78.0 cm³/mol. The third kappa shape index (κ3) is 4.04. The van der Waals surface area contributed by atoms with Crippen molar-refractivity contribution in [2.24, 2.45) is 5.92 Å². The zero-order valence-corrected chi connectivity index (χ0v) is 12.5. The molecule has 0 saturated carbocycles. The van der Waals surface area contributed by atoms with Gasteiger partial charge in [0.2, 0.25) is 0 Å². The Labute approximate surface area is 115 Å². The molecule has 1 aliphatic heterocycles. The van der Waals surface area contributed by atoms with Crippen molar-refractivity contribution in [1.29, 1.82) is 0 Å². The van der Waals surface area contributed by atoms with E-state index in [0.29, 0.717) is 12.1 Å². The summed E-state index contributed by atoms with van der Waals surface area (Å²) in [7, 11) is 0. The van der Waals surface area contributed by atoms with Crippen LogP contribution in [0.2, 0.25) is 0 Å². The number of thiazole rings is 1. The molecule has 1 aliphatic rings. The minimum absolute atomic E-state index is 0.395. The molecule has 1 saturated heterocycles. The first-order valence-corrected chi connectivity index (χ1v) is 7.91. The van der Waals surface area contributed by atoms with Crippen molar-refractivity contribution in [2.45, 2.75) is 45.7 Å². The highest BCUT2D eigenvalue weighted by Crippen LogP contribution is 2.19. The number of nitrogens with one attached hydrogen (secondary N) is 1. The molecule has 0 aromatic carbocycles. The second kappa shape index (κ2) is 6.64. The number of nitrogens with zero attached hydrogens (tertiary/aromatic N) is 2. The summed E-state index contributed by atoms with van der Waals surface area (Å²) in [4.78, 5) is 6.98. The number of likely N-dealkylation sites (tertiary alicyclic amines) is 1. The lowest BCUT2D eigenvalue weighted by atomic mass is 10.0. The minimum Gasteiger partial charge on any atom is -0.305 e. The average molecular weight is 267 g/mol. The minimum atomic E-state index is 0.395. The van der Waals surface area contributed by atoms with Crippen LogP contribution in [0.25, 0.3) is 0 Å². The van der Waals surface area contributed by atoms with Crippen LogP contribution in [0.5, 0.6) is 0 Å². The van der Waals surface area contributed by atoms with Gasteiger partial charge in [-0.05, 0) is 38.8 Å². The van der Waals surface area contributed by atoms with Crippen LogP contribution in [0.15, 0.2) is 11.6 Å². The van der Waals surface area contributed by atoms with Crippen LogP contribution in [0.1, 0.15) is 44.7 Å². The first-order chi connectivity index (χ1) is 8.65. The van der Waals surface area contributed by atoms with Crippen LogP contribution in [0, 0.1) is 5.92 Å². The van der Waals surface area contributed by atoms with Gasteiger partial charge < -0.3 is 10.2 Å². The summed E-state index contributed by atoms with van der Waals surface area (Å²) in [5.41, 5.74) is 0. The normalized spacial score (nSPS) is 20.4. The number of piperidine rings is 1. The summed E-state index contributed by atoms with van der Waals surface area (Å²) in [5.74, 6) is 0.781. The number of aromatic nitrogens is 1.